The normalized spacial score (nSPS) is 12.8. The van der Waals surface area contributed by atoms with Crippen molar-refractivity contribution < 1.29 is 0 Å². The fraction of sp³-hybridized carbons (Fsp3) is 0.186. The highest BCUT2D eigenvalue weighted by Gasteiger charge is 2.28. The number of fused-ring (bicyclic) bond motifs is 8. The molecule has 0 aliphatic rings. The average molecular weight is 787 g/mol. The van der Waals surface area contributed by atoms with E-state index >= 15 is 0 Å². The number of aryl methyl sites for hydroxylation is 2. The number of hydrogen-bond donors (Lipinski definition) is 0. The molecule has 61 heavy (non-hydrogen) atoms. The van der Waals surface area contributed by atoms with Crippen molar-refractivity contribution in [1.82, 2.24) is 9.13 Å². The zero-order valence-electron chi connectivity index (χ0n) is 36.7. The molecule has 12 aromatic rings. The Labute approximate surface area is 357 Å². The van der Waals surface area contributed by atoms with Gasteiger partial charge in [-0.3, -0.25) is 0 Å². The van der Waals surface area contributed by atoms with E-state index in [-0.39, 0.29) is 5.41 Å². The summed E-state index contributed by atoms with van der Waals surface area (Å²) < 4.78 is 5.24. The molecule has 0 spiro atoms. The SMILES string of the molecule is Cc1c(C)n(-c2c3ccccc3c(C(C)C)c3ccccc23)c2c1cc1ccc3c4c(ccc2c14)cc1c(C)c(C)n(-c2c4ccccc4c(C(C)(C)C)c4ccccc24)c13. The van der Waals surface area contributed by atoms with E-state index in [1.807, 2.05) is 0 Å². The third-order valence-corrected chi connectivity index (χ3v) is 14.5. The van der Waals surface area contributed by atoms with Crippen LogP contribution >= 0.6 is 0 Å². The highest BCUT2D eigenvalue weighted by molar-refractivity contribution is 6.33. The van der Waals surface area contributed by atoms with Gasteiger partial charge in [0.1, 0.15) is 0 Å². The van der Waals surface area contributed by atoms with Crippen molar-refractivity contribution >= 4 is 97.2 Å². The summed E-state index contributed by atoms with van der Waals surface area (Å²) in [7, 11) is 0. The third kappa shape index (κ3) is 4.68. The Morgan fingerprint density at radius 2 is 0.738 bits per heavy atom. The van der Waals surface area contributed by atoms with Crippen molar-refractivity contribution in [3.05, 3.63) is 167 Å². The molecular weight excluding hydrogens is 737 g/mol. The van der Waals surface area contributed by atoms with Crippen molar-refractivity contribution in [3.63, 3.8) is 0 Å². The topological polar surface area (TPSA) is 9.86 Å². The van der Waals surface area contributed by atoms with Gasteiger partial charge in [-0.1, -0.05) is 156 Å². The van der Waals surface area contributed by atoms with Gasteiger partial charge in [0.25, 0.3) is 0 Å². The average Bonchev–Trinajstić information content (AvgIpc) is 3.65. The van der Waals surface area contributed by atoms with Crippen LogP contribution in [-0.4, -0.2) is 9.13 Å². The monoisotopic (exact) mass is 786 g/mol. The van der Waals surface area contributed by atoms with Gasteiger partial charge in [0.2, 0.25) is 0 Å². The van der Waals surface area contributed by atoms with Gasteiger partial charge in [-0.15, -0.1) is 0 Å². The van der Waals surface area contributed by atoms with Crippen molar-refractivity contribution in [2.45, 2.75) is 73.6 Å². The fourth-order valence-electron chi connectivity index (χ4n) is 11.8. The lowest BCUT2D eigenvalue weighted by Gasteiger charge is -2.27. The van der Waals surface area contributed by atoms with E-state index in [1.165, 1.54) is 142 Å². The van der Waals surface area contributed by atoms with Crippen LogP contribution in [0, 0.1) is 27.7 Å². The molecule has 2 heteroatoms. The largest absolute Gasteiger partial charge is 0.312 e. The van der Waals surface area contributed by atoms with Crippen LogP contribution in [-0.2, 0) is 5.41 Å². The van der Waals surface area contributed by atoms with Crippen molar-refractivity contribution in [2.75, 3.05) is 0 Å². The van der Waals surface area contributed by atoms with Crippen LogP contribution in [0.25, 0.3) is 109 Å². The van der Waals surface area contributed by atoms with Gasteiger partial charge in [-0.25, -0.2) is 0 Å². The highest BCUT2D eigenvalue weighted by atomic mass is 15.0. The van der Waals surface area contributed by atoms with E-state index in [2.05, 4.69) is 205 Å². The summed E-state index contributed by atoms with van der Waals surface area (Å²) in [4.78, 5) is 0. The first kappa shape index (κ1) is 36.2. The first-order chi connectivity index (χ1) is 29.5. The lowest BCUT2D eigenvalue weighted by atomic mass is 9.79. The van der Waals surface area contributed by atoms with Crippen LogP contribution < -0.4 is 0 Å². The van der Waals surface area contributed by atoms with Gasteiger partial charge in [-0.05, 0) is 117 Å². The fourth-order valence-corrected chi connectivity index (χ4v) is 11.8. The molecule has 2 aromatic heterocycles. The minimum absolute atomic E-state index is 0.0313. The summed E-state index contributed by atoms with van der Waals surface area (Å²) in [5.41, 5.74) is 13.2. The Morgan fingerprint density at radius 3 is 1.10 bits per heavy atom. The van der Waals surface area contributed by atoms with E-state index in [0.29, 0.717) is 5.92 Å². The minimum Gasteiger partial charge on any atom is -0.312 e. The second-order valence-corrected chi connectivity index (χ2v) is 19.1. The molecule has 0 atom stereocenters. The first-order valence-electron chi connectivity index (χ1n) is 22.1. The molecule has 0 saturated carbocycles. The van der Waals surface area contributed by atoms with Gasteiger partial charge in [0, 0.05) is 54.5 Å². The summed E-state index contributed by atoms with van der Waals surface area (Å²) in [6.45, 7) is 21.0. The first-order valence-corrected chi connectivity index (χ1v) is 22.1. The number of hydrogen-bond acceptors (Lipinski definition) is 0. The van der Waals surface area contributed by atoms with E-state index < -0.39 is 0 Å². The Kier molecular flexibility index (Phi) is 7.40. The molecular formula is C59H50N2. The second-order valence-electron chi connectivity index (χ2n) is 19.1. The molecule has 0 N–H and O–H groups in total. The van der Waals surface area contributed by atoms with Crippen molar-refractivity contribution in [3.8, 4) is 11.4 Å². The maximum atomic E-state index is 2.62. The lowest BCUT2D eigenvalue weighted by molar-refractivity contribution is 0.601. The summed E-state index contributed by atoms with van der Waals surface area (Å²) in [6.07, 6.45) is 0. The third-order valence-electron chi connectivity index (χ3n) is 14.5. The zero-order valence-corrected chi connectivity index (χ0v) is 36.7. The Hall–Kier alpha value is -6.64. The molecule has 0 amide bonds. The highest BCUT2D eigenvalue weighted by Crippen LogP contribution is 2.49. The maximum absolute atomic E-state index is 2.62. The van der Waals surface area contributed by atoms with Crippen LogP contribution in [0.15, 0.2) is 133 Å². The summed E-state index contributed by atoms with van der Waals surface area (Å²) in [5.74, 6) is 0.390. The number of benzene rings is 10. The predicted molar refractivity (Wildman–Crippen MR) is 266 cm³/mol. The molecule has 2 nitrogen and oxygen atoms in total. The molecule has 296 valence electrons. The number of aromatic nitrogens is 2. The summed E-state index contributed by atoms with van der Waals surface area (Å²) in [6, 6.07) is 51.0. The summed E-state index contributed by atoms with van der Waals surface area (Å²) >= 11 is 0. The molecule has 0 aliphatic heterocycles. The van der Waals surface area contributed by atoms with Crippen LogP contribution in [0.2, 0.25) is 0 Å². The quantitative estimate of drug-likeness (QED) is 0.125. The molecule has 0 fully saturated rings. The second kappa shape index (κ2) is 12.5. The van der Waals surface area contributed by atoms with Crippen LogP contribution in [0.1, 0.15) is 74.2 Å². The molecule has 0 bridgehead atoms. The van der Waals surface area contributed by atoms with Crippen LogP contribution in [0.4, 0.5) is 0 Å². The van der Waals surface area contributed by atoms with E-state index in [1.54, 1.807) is 0 Å². The smallest absolute Gasteiger partial charge is 0.0615 e. The number of rotatable bonds is 3. The molecule has 0 unspecified atom stereocenters. The van der Waals surface area contributed by atoms with E-state index in [0.717, 1.165) is 0 Å². The Balaban J connectivity index is 1.25. The Morgan fingerprint density at radius 1 is 0.393 bits per heavy atom. The summed E-state index contributed by atoms with van der Waals surface area (Å²) in [5, 5.41) is 21.1. The minimum atomic E-state index is -0.0313. The van der Waals surface area contributed by atoms with E-state index in [4.69, 9.17) is 0 Å². The molecule has 2 heterocycles. The maximum Gasteiger partial charge on any atom is 0.0615 e. The number of nitrogens with zero attached hydrogens (tertiary/aromatic N) is 2. The van der Waals surface area contributed by atoms with Gasteiger partial charge in [-0.2, -0.15) is 0 Å². The molecule has 10 aromatic carbocycles. The molecule has 12 rings (SSSR count). The Bertz CT molecular complexity index is 3740. The molecule has 0 aliphatic carbocycles. The van der Waals surface area contributed by atoms with Crippen molar-refractivity contribution in [2.24, 2.45) is 0 Å². The van der Waals surface area contributed by atoms with Gasteiger partial charge in [0.15, 0.2) is 0 Å². The van der Waals surface area contributed by atoms with Crippen LogP contribution in [0.3, 0.4) is 0 Å². The van der Waals surface area contributed by atoms with Crippen molar-refractivity contribution in [1.29, 1.82) is 0 Å². The van der Waals surface area contributed by atoms with Gasteiger partial charge < -0.3 is 9.13 Å². The predicted octanol–water partition coefficient (Wildman–Crippen LogP) is 16.7. The molecule has 0 radical (unpaired) electrons. The van der Waals surface area contributed by atoms with Crippen LogP contribution in [0.5, 0.6) is 0 Å². The zero-order chi connectivity index (χ0) is 41.8. The van der Waals surface area contributed by atoms with Gasteiger partial charge >= 0.3 is 0 Å². The molecule has 0 saturated heterocycles. The van der Waals surface area contributed by atoms with E-state index in [9.17, 15) is 0 Å². The van der Waals surface area contributed by atoms with Gasteiger partial charge in [0.05, 0.1) is 22.4 Å². The lowest BCUT2D eigenvalue weighted by Crippen LogP contribution is -2.14. The standard InChI is InChI=1S/C59H50N2/c1-32(2)51-39-18-10-14-22-43(39)55(44-23-15-11-19-40(44)51)60-35(5)33(3)49-30-37-27-29-48-53-38(26-28-47(52(37)53)57(49)60)31-50-34(4)36(6)61(58(48)50)56-45-24-16-12-20-41(45)54(59(7,8)9)42-21-13-17-25-46(42)56/h10-32H,1-9H3.